The molecule has 0 saturated carbocycles. The number of amides is 1. The molecule has 0 radical (unpaired) electrons. The van der Waals surface area contributed by atoms with Crippen LogP contribution >= 0.6 is 0 Å². The number of aromatic nitrogens is 2. The fourth-order valence-corrected chi connectivity index (χ4v) is 2.13. The first-order chi connectivity index (χ1) is 9.65. The Kier molecular flexibility index (Phi) is 5.08. The number of piperazine rings is 1. The number of carbonyl (C=O) groups excluding carboxylic acids is 1. The van der Waals surface area contributed by atoms with Gasteiger partial charge in [-0.05, 0) is 0 Å². The average Bonchev–Trinajstić information content (AvgIpc) is 2.92. The van der Waals surface area contributed by atoms with Crippen molar-refractivity contribution in [2.24, 2.45) is 0 Å². The Balaban J connectivity index is 1.83. The van der Waals surface area contributed by atoms with Crippen LogP contribution in [0.3, 0.4) is 0 Å². The quantitative estimate of drug-likeness (QED) is 0.501. The zero-order chi connectivity index (χ0) is 14.4. The highest BCUT2D eigenvalue weighted by molar-refractivity contribution is 5.84. The van der Waals surface area contributed by atoms with Crippen molar-refractivity contribution in [2.75, 3.05) is 32.7 Å². The van der Waals surface area contributed by atoms with Crippen LogP contribution in [0.4, 0.5) is 0 Å². The largest absolute Gasteiger partial charge is 0.480 e. The molecule has 20 heavy (non-hydrogen) atoms. The predicted octanol–water partition coefficient (Wildman–Crippen LogP) is -1.57. The second-order valence-electron chi connectivity index (χ2n) is 4.77. The Morgan fingerprint density at radius 3 is 2.80 bits per heavy atom. The van der Waals surface area contributed by atoms with E-state index >= 15 is 0 Å². The van der Waals surface area contributed by atoms with Crippen molar-refractivity contribution in [1.29, 1.82) is 0 Å². The van der Waals surface area contributed by atoms with Crippen LogP contribution in [0.25, 0.3) is 0 Å². The van der Waals surface area contributed by atoms with Crippen LogP contribution in [-0.4, -0.2) is 70.6 Å². The zero-order valence-electron chi connectivity index (χ0n) is 11.1. The first-order valence-corrected chi connectivity index (χ1v) is 6.57. The van der Waals surface area contributed by atoms with Crippen molar-refractivity contribution in [1.82, 2.24) is 25.5 Å². The van der Waals surface area contributed by atoms with Gasteiger partial charge in [0.25, 0.3) is 0 Å². The van der Waals surface area contributed by atoms with E-state index in [4.69, 9.17) is 5.11 Å². The third-order valence-corrected chi connectivity index (χ3v) is 3.19. The van der Waals surface area contributed by atoms with Crippen molar-refractivity contribution in [3.63, 3.8) is 0 Å². The number of H-pyrrole nitrogens is 1. The first-order valence-electron chi connectivity index (χ1n) is 6.57. The zero-order valence-corrected chi connectivity index (χ0v) is 11.1. The number of aromatic amines is 1. The fraction of sp³-hybridized carbons (Fsp3) is 0.583. The monoisotopic (exact) mass is 281 g/mol. The molecule has 2 rings (SSSR count). The smallest absolute Gasteiger partial charge is 0.326 e. The van der Waals surface area contributed by atoms with E-state index in [2.05, 4.69) is 20.6 Å². The number of aliphatic carboxylic acids is 1. The topological polar surface area (TPSA) is 110 Å². The van der Waals surface area contributed by atoms with Crippen molar-refractivity contribution < 1.29 is 14.7 Å². The summed E-state index contributed by atoms with van der Waals surface area (Å²) in [4.78, 5) is 31.7. The molecule has 0 aromatic carbocycles. The number of nitrogens with zero attached hydrogens (tertiary/aromatic N) is 2. The van der Waals surface area contributed by atoms with E-state index in [1.54, 1.807) is 6.20 Å². The maximum atomic E-state index is 11.9. The van der Waals surface area contributed by atoms with E-state index in [0.29, 0.717) is 5.69 Å². The number of carbonyl (C=O) groups is 2. The van der Waals surface area contributed by atoms with Crippen LogP contribution in [0.2, 0.25) is 0 Å². The summed E-state index contributed by atoms with van der Waals surface area (Å²) in [6.45, 7) is 3.53. The summed E-state index contributed by atoms with van der Waals surface area (Å²) in [5.74, 6) is -1.31. The van der Waals surface area contributed by atoms with Gasteiger partial charge in [-0.3, -0.25) is 9.69 Å². The molecule has 0 spiro atoms. The summed E-state index contributed by atoms with van der Waals surface area (Å²) in [6.07, 6.45) is 3.23. The lowest BCUT2D eigenvalue weighted by atomic mass is 10.1. The molecule has 1 amide bonds. The van der Waals surface area contributed by atoms with Gasteiger partial charge in [-0.15, -0.1) is 0 Å². The molecule has 1 aliphatic heterocycles. The summed E-state index contributed by atoms with van der Waals surface area (Å²) in [7, 11) is 0. The third kappa shape index (κ3) is 4.32. The van der Waals surface area contributed by atoms with Crippen LogP contribution in [-0.2, 0) is 16.0 Å². The number of hydrogen-bond acceptors (Lipinski definition) is 5. The molecule has 2 heterocycles. The van der Waals surface area contributed by atoms with Gasteiger partial charge in [0.1, 0.15) is 6.04 Å². The third-order valence-electron chi connectivity index (χ3n) is 3.19. The molecule has 0 bridgehead atoms. The second kappa shape index (κ2) is 7.01. The molecule has 8 nitrogen and oxygen atoms in total. The molecule has 4 N–H and O–H groups in total. The minimum Gasteiger partial charge on any atom is -0.480 e. The molecule has 1 saturated heterocycles. The molecule has 1 aliphatic rings. The molecule has 0 aliphatic carbocycles. The van der Waals surface area contributed by atoms with Crippen LogP contribution in [0, 0.1) is 0 Å². The van der Waals surface area contributed by atoms with Gasteiger partial charge < -0.3 is 20.7 Å². The van der Waals surface area contributed by atoms with E-state index in [0.717, 1.165) is 26.2 Å². The average molecular weight is 281 g/mol. The highest BCUT2D eigenvalue weighted by Gasteiger charge is 2.22. The van der Waals surface area contributed by atoms with Crippen LogP contribution in [0.1, 0.15) is 5.69 Å². The molecule has 110 valence electrons. The molecule has 8 heteroatoms. The van der Waals surface area contributed by atoms with Crippen molar-refractivity contribution in [3.05, 3.63) is 18.2 Å². The summed E-state index contributed by atoms with van der Waals surface area (Å²) in [5.41, 5.74) is 0.680. The van der Waals surface area contributed by atoms with E-state index in [1.807, 2.05) is 4.90 Å². The lowest BCUT2D eigenvalue weighted by molar-refractivity contribution is -0.142. The Morgan fingerprint density at radius 1 is 1.45 bits per heavy atom. The Bertz CT molecular complexity index is 442. The van der Waals surface area contributed by atoms with Gasteiger partial charge in [0, 0.05) is 44.5 Å². The van der Waals surface area contributed by atoms with E-state index in [-0.39, 0.29) is 18.9 Å². The summed E-state index contributed by atoms with van der Waals surface area (Å²) in [6, 6.07) is -0.939. The van der Waals surface area contributed by atoms with Gasteiger partial charge in [-0.1, -0.05) is 0 Å². The number of hydrogen-bond donors (Lipinski definition) is 4. The van der Waals surface area contributed by atoms with Gasteiger partial charge in [0.15, 0.2) is 0 Å². The van der Waals surface area contributed by atoms with E-state index in [1.165, 1.54) is 6.33 Å². The van der Waals surface area contributed by atoms with Gasteiger partial charge in [0.2, 0.25) is 5.91 Å². The summed E-state index contributed by atoms with van der Waals surface area (Å²) < 4.78 is 0. The first kappa shape index (κ1) is 14.5. The number of rotatable bonds is 6. The number of carboxylic acids is 1. The maximum Gasteiger partial charge on any atom is 0.326 e. The molecule has 1 atom stereocenters. The Hall–Kier alpha value is -1.93. The standard InChI is InChI=1S/C12H19N5O3/c18-11(7-17-3-1-13-2-4-17)16-10(12(19)20)5-9-6-14-8-15-9/h6,8,10,13H,1-5,7H2,(H,14,15)(H,16,18)(H,19,20)/t10-/m1/s1. The molecule has 1 aromatic heterocycles. The highest BCUT2D eigenvalue weighted by Crippen LogP contribution is 1.99. The fourth-order valence-electron chi connectivity index (χ4n) is 2.13. The van der Waals surface area contributed by atoms with Crippen LogP contribution in [0.15, 0.2) is 12.5 Å². The normalized spacial score (nSPS) is 17.6. The predicted molar refractivity (Wildman–Crippen MR) is 71.2 cm³/mol. The van der Waals surface area contributed by atoms with Crippen LogP contribution < -0.4 is 10.6 Å². The molecule has 1 aromatic rings. The summed E-state index contributed by atoms with van der Waals surface area (Å²) >= 11 is 0. The second-order valence-corrected chi connectivity index (χ2v) is 4.77. The Morgan fingerprint density at radius 2 is 2.20 bits per heavy atom. The van der Waals surface area contributed by atoms with Gasteiger partial charge in [0.05, 0.1) is 12.9 Å². The SMILES string of the molecule is O=C(CN1CCNCC1)N[C@H](Cc1cnc[nH]1)C(=O)O. The van der Waals surface area contributed by atoms with Gasteiger partial charge >= 0.3 is 5.97 Å². The molecular weight excluding hydrogens is 262 g/mol. The minimum atomic E-state index is -1.05. The van der Waals surface area contributed by atoms with Gasteiger partial charge in [-0.2, -0.15) is 0 Å². The molecular formula is C12H19N5O3. The number of nitrogens with one attached hydrogen (secondary N) is 3. The van der Waals surface area contributed by atoms with Crippen LogP contribution in [0.5, 0.6) is 0 Å². The Labute approximate surface area is 116 Å². The lowest BCUT2D eigenvalue weighted by Crippen LogP contribution is -2.50. The lowest BCUT2D eigenvalue weighted by Gasteiger charge is -2.27. The molecule has 0 unspecified atom stereocenters. The molecule has 1 fully saturated rings. The number of imidazole rings is 1. The number of carboxylic acid groups (broad SMARTS) is 1. The highest BCUT2D eigenvalue weighted by atomic mass is 16.4. The van der Waals surface area contributed by atoms with Crippen molar-refractivity contribution in [3.8, 4) is 0 Å². The maximum absolute atomic E-state index is 11.9. The van der Waals surface area contributed by atoms with E-state index < -0.39 is 12.0 Å². The van der Waals surface area contributed by atoms with E-state index in [9.17, 15) is 9.59 Å². The van der Waals surface area contributed by atoms with Gasteiger partial charge in [-0.25, -0.2) is 9.78 Å². The van der Waals surface area contributed by atoms with Crippen molar-refractivity contribution >= 4 is 11.9 Å². The van der Waals surface area contributed by atoms with Crippen molar-refractivity contribution in [2.45, 2.75) is 12.5 Å². The minimum absolute atomic E-state index is 0.197. The summed E-state index contributed by atoms with van der Waals surface area (Å²) in [5, 5.41) is 14.9.